The molecule has 1 aliphatic heterocycles. The number of amides is 1. The molecule has 1 heterocycles. The average molecular weight is 235 g/mol. The van der Waals surface area contributed by atoms with Crippen molar-refractivity contribution < 1.29 is 14.3 Å². The van der Waals surface area contributed by atoms with Crippen LogP contribution < -0.4 is 5.32 Å². The van der Waals surface area contributed by atoms with Gasteiger partial charge in [0.15, 0.2) is 0 Å². The van der Waals surface area contributed by atoms with E-state index >= 15 is 0 Å². The lowest BCUT2D eigenvalue weighted by molar-refractivity contribution is 0.139. The van der Waals surface area contributed by atoms with Gasteiger partial charge in [-0.05, 0) is 18.4 Å². The van der Waals surface area contributed by atoms with Crippen molar-refractivity contribution in [1.82, 2.24) is 5.32 Å². The summed E-state index contributed by atoms with van der Waals surface area (Å²) in [6.07, 6.45) is 2.02. The van der Waals surface area contributed by atoms with Crippen LogP contribution in [0.15, 0.2) is 30.3 Å². The minimum absolute atomic E-state index is 0.318. The van der Waals surface area contributed by atoms with Crippen molar-refractivity contribution in [3.05, 3.63) is 35.9 Å². The fourth-order valence-corrected chi connectivity index (χ4v) is 1.53. The first kappa shape index (κ1) is 11.9. The van der Waals surface area contributed by atoms with Crippen LogP contribution in [0.1, 0.15) is 18.4 Å². The van der Waals surface area contributed by atoms with E-state index in [2.05, 4.69) is 5.32 Å². The van der Waals surface area contributed by atoms with Crippen molar-refractivity contribution in [2.45, 2.75) is 25.6 Å². The molecule has 1 atom stereocenters. The maximum absolute atomic E-state index is 11.3. The Morgan fingerprint density at radius 3 is 2.88 bits per heavy atom. The largest absolute Gasteiger partial charge is 0.445 e. The predicted octanol–water partition coefficient (Wildman–Crippen LogP) is 2.09. The Morgan fingerprint density at radius 2 is 2.18 bits per heavy atom. The van der Waals surface area contributed by atoms with Crippen LogP contribution in [0.4, 0.5) is 4.79 Å². The number of ether oxygens (including phenoxy) is 2. The molecule has 1 amide bonds. The summed E-state index contributed by atoms with van der Waals surface area (Å²) in [4.78, 5) is 11.3. The zero-order valence-corrected chi connectivity index (χ0v) is 9.72. The number of hydrogen-bond acceptors (Lipinski definition) is 3. The van der Waals surface area contributed by atoms with Crippen molar-refractivity contribution in [1.29, 1.82) is 0 Å². The lowest BCUT2D eigenvalue weighted by Crippen LogP contribution is -2.25. The number of hydrogen-bond donors (Lipinski definition) is 1. The van der Waals surface area contributed by atoms with Gasteiger partial charge in [0.05, 0.1) is 12.7 Å². The lowest BCUT2D eigenvalue weighted by Gasteiger charge is -2.06. The molecule has 0 aromatic heterocycles. The van der Waals surface area contributed by atoms with Gasteiger partial charge in [-0.25, -0.2) is 4.79 Å². The zero-order valence-electron chi connectivity index (χ0n) is 9.72. The number of carbonyl (C=O) groups is 1. The molecule has 1 N–H and O–H groups in total. The molecule has 4 nitrogen and oxygen atoms in total. The molecule has 1 aromatic carbocycles. The molecule has 0 saturated carbocycles. The number of rotatable bonds is 6. The SMILES string of the molecule is O=C(NCCC[C@@H]1CO1)OCc1ccccc1. The highest BCUT2D eigenvalue weighted by atomic mass is 16.6. The van der Waals surface area contributed by atoms with E-state index < -0.39 is 0 Å². The predicted molar refractivity (Wildman–Crippen MR) is 63.6 cm³/mol. The first-order valence-corrected chi connectivity index (χ1v) is 5.91. The summed E-state index contributed by atoms with van der Waals surface area (Å²) in [7, 11) is 0. The van der Waals surface area contributed by atoms with Crippen molar-refractivity contribution in [2.24, 2.45) is 0 Å². The number of epoxide rings is 1. The number of alkyl carbamates (subject to hydrolysis) is 1. The molecule has 0 aliphatic carbocycles. The molecule has 0 bridgehead atoms. The van der Waals surface area contributed by atoms with Gasteiger partial charge in [-0.1, -0.05) is 30.3 Å². The van der Waals surface area contributed by atoms with Gasteiger partial charge in [-0.3, -0.25) is 0 Å². The minimum atomic E-state index is -0.356. The van der Waals surface area contributed by atoms with Crippen LogP contribution in [-0.4, -0.2) is 25.3 Å². The third kappa shape index (κ3) is 4.87. The van der Waals surface area contributed by atoms with Crippen LogP contribution in [0.25, 0.3) is 0 Å². The Morgan fingerprint density at radius 1 is 1.41 bits per heavy atom. The third-order valence-electron chi connectivity index (χ3n) is 2.59. The van der Waals surface area contributed by atoms with Gasteiger partial charge in [-0.15, -0.1) is 0 Å². The third-order valence-corrected chi connectivity index (χ3v) is 2.59. The standard InChI is InChI=1S/C13H17NO3/c15-13(14-8-4-7-12-10-16-12)17-9-11-5-2-1-3-6-11/h1-3,5-6,12H,4,7-10H2,(H,14,15)/t12-/m1/s1. The summed E-state index contributed by atoms with van der Waals surface area (Å²) < 4.78 is 10.1. The molecular weight excluding hydrogens is 218 g/mol. The van der Waals surface area contributed by atoms with Crippen LogP contribution in [-0.2, 0) is 16.1 Å². The van der Waals surface area contributed by atoms with Crippen LogP contribution in [0, 0.1) is 0 Å². The second kappa shape index (κ2) is 6.25. The normalized spacial score (nSPS) is 17.5. The van der Waals surface area contributed by atoms with Gasteiger partial charge in [0.1, 0.15) is 6.61 Å². The molecule has 0 spiro atoms. The molecule has 17 heavy (non-hydrogen) atoms. The summed E-state index contributed by atoms with van der Waals surface area (Å²) in [5.74, 6) is 0. The van der Waals surface area contributed by atoms with E-state index in [-0.39, 0.29) is 6.09 Å². The lowest BCUT2D eigenvalue weighted by atomic mass is 10.2. The van der Waals surface area contributed by atoms with E-state index in [4.69, 9.17) is 9.47 Å². The highest BCUT2D eigenvalue weighted by molar-refractivity contribution is 5.67. The highest BCUT2D eigenvalue weighted by Crippen LogP contribution is 2.14. The molecule has 92 valence electrons. The monoisotopic (exact) mass is 235 g/mol. The number of nitrogens with one attached hydrogen (secondary N) is 1. The van der Waals surface area contributed by atoms with Gasteiger partial charge in [0.25, 0.3) is 0 Å². The van der Waals surface area contributed by atoms with E-state index in [1.54, 1.807) is 0 Å². The summed E-state index contributed by atoms with van der Waals surface area (Å²) in [6, 6.07) is 9.64. The van der Waals surface area contributed by atoms with Crippen LogP contribution in [0.2, 0.25) is 0 Å². The minimum Gasteiger partial charge on any atom is -0.445 e. The van der Waals surface area contributed by atoms with Crippen LogP contribution >= 0.6 is 0 Å². The molecule has 1 aromatic rings. The zero-order chi connectivity index (χ0) is 11.9. The molecule has 1 aliphatic rings. The maximum Gasteiger partial charge on any atom is 0.407 e. The first-order valence-electron chi connectivity index (χ1n) is 5.91. The second-order valence-electron chi connectivity index (χ2n) is 4.09. The fraction of sp³-hybridized carbons (Fsp3) is 0.462. The van der Waals surface area contributed by atoms with Gasteiger partial charge in [-0.2, -0.15) is 0 Å². The smallest absolute Gasteiger partial charge is 0.407 e. The maximum atomic E-state index is 11.3. The second-order valence-corrected chi connectivity index (χ2v) is 4.09. The molecule has 1 saturated heterocycles. The van der Waals surface area contributed by atoms with Crippen molar-refractivity contribution >= 4 is 6.09 Å². The Labute approximate surface area is 101 Å². The Balaban J connectivity index is 1.54. The fourth-order valence-electron chi connectivity index (χ4n) is 1.53. The Bertz CT molecular complexity index is 349. The molecule has 0 unspecified atom stereocenters. The number of benzene rings is 1. The van der Waals surface area contributed by atoms with Crippen molar-refractivity contribution in [2.75, 3.05) is 13.2 Å². The molecule has 1 fully saturated rings. The van der Waals surface area contributed by atoms with Crippen molar-refractivity contribution in [3.8, 4) is 0 Å². The Kier molecular flexibility index (Phi) is 4.38. The molecular formula is C13H17NO3. The number of carbonyl (C=O) groups excluding carboxylic acids is 1. The van der Waals surface area contributed by atoms with Gasteiger partial charge < -0.3 is 14.8 Å². The van der Waals surface area contributed by atoms with E-state index in [1.165, 1.54) is 0 Å². The van der Waals surface area contributed by atoms with Gasteiger partial charge >= 0.3 is 6.09 Å². The van der Waals surface area contributed by atoms with Gasteiger partial charge in [0.2, 0.25) is 0 Å². The molecule has 4 heteroatoms. The summed E-state index contributed by atoms with van der Waals surface area (Å²) in [5.41, 5.74) is 0.994. The highest BCUT2D eigenvalue weighted by Gasteiger charge is 2.21. The average Bonchev–Trinajstić information content (AvgIpc) is 3.17. The summed E-state index contributed by atoms with van der Waals surface area (Å²) >= 11 is 0. The summed E-state index contributed by atoms with van der Waals surface area (Å²) in [5, 5.41) is 2.72. The van der Waals surface area contributed by atoms with Crippen LogP contribution in [0.5, 0.6) is 0 Å². The van der Waals surface area contributed by atoms with E-state index in [0.29, 0.717) is 19.3 Å². The molecule has 0 radical (unpaired) electrons. The first-order chi connectivity index (χ1) is 8.34. The van der Waals surface area contributed by atoms with Gasteiger partial charge in [0, 0.05) is 6.54 Å². The van der Waals surface area contributed by atoms with E-state index in [0.717, 1.165) is 25.0 Å². The summed E-state index contributed by atoms with van der Waals surface area (Å²) in [6.45, 7) is 1.84. The topological polar surface area (TPSA) is 50.9 Å². The van der Waals surface area contributed by atoms with Crippen LogP contribution in [0.3, 0.4) is 0 Å². The van der Waals surface area contributed by atoms with E-state index in [9.17, 15) is 4.79 Å². The van der Waals surface area contributed by atoms with E-state index in [1.807, 2.05) is 30.3 Å². The quantitative estimate of drug-likeness (QED) is 0.606. The van der Waals surface area contributed by atoms with Crippen molar-refractivity contribution in [3.63, 3.8) is 0 Å². The Hall–Kier alpha value is -1.55. The molecule has 2 rings (SSSR count).